The van der Waals surface area contributed by atoms with Gasteiger partial charge in [0.1, 0.15) is 0 Å². The first-order valence-corrected chi connectivity index (χ1v) is 15.8. The molecule has 4 rings (SSSR count). The van der Waals surface area contributed by atoms with Gasteiger partial charge in [-0.15, -0.1) is 0 Å². The molecule has 1 aromatic rings. The van der Waals surface area contributed by atoms with Crippen molar-refractivity contribution in [3.63, 3.8) is 0 Å². The lowest BCUT2D eigenvalue weighted by atomic mass is 9.90. The van der Waals surface area contributed by atoms with Gasteiger partial charge in [0.25, 0.3) is 5.17 Å². The van der Waals surface area contributed by atoms with Crippen molar-refractivity contribution in [2.24, 2.45) is 11.8 Å². The second-order valence-corrected chi connectivity index (χ2v) is 11.9. The predicted octanol–water partition coefficient (Wildman–Crippen LogP) is 6.39. The molecule has 41 heavy (non-hydrogen) atoms. The topological polar surface area (TPSA) is 95.5 Å². The average molecular weight is 610 g/mol. The molecule has 6 atom stereocenters. The normalized spacial score (nSPS) is 28.5. The van der Waals surface area contributed by atoms with E-state index in [2.05, 4.69) is 17.5 Å². The summed E-state index contributed by atoms with van der Waals surface area (Å²) in [4.78, 5) is 10.9. The highest BCUT2D eigenvalue weighted by Crippen LogP contribution is 2.41. The number of allylic oxidation sites excluding steroid dienone is 2. The zero-order chi connectivity index (χ0) is 28.9. The maximum atomic E-state index is 10.9. The van der Waals surface area contributed by atoms with Crippen molar-refractivity contribution < 1.29 is 33.6 Å². The second-order valence-electron chi connectivity index (χ2n) is 11.1. The first-order chi connectivity index (χ1) is 20.0. The monoisotopic (exact) mass is 609 g/mol. The molecule has 10 heteroatoms. The molecule has 2 unspecified atom stereocenters. The van der Waals surface area contributed by atoms with Gasteiger partial charge in [-0.1, -0.05) is 35.9 Å². The van der Waals surface area contributed by atoms with Crippen LogP contribution in [0.5, 0.6) is 0 Å². The molecule has 8 nitrogen and oxygen atoms in total. The van der Waals surface area contributed by atoms with E-state index in [0.29, 0.717) is 36.4 Å². The fourth-order valence-electron chi connectivity index (χ4n) is 5.81. The Balaban J connectivity index is 1.42. The van der Waals surface area contributed by atoms with Gasteiger partial charge < -0.3 is 34.1 Å². The van der Waals surface area contributed by atoms with Crippen molar-refractivity contribution in [1.29, 1.82) is 0 Å². The summed E-state index contributed by atoms with van der Waals surface area (Å²) in [7, 11) is 0. The molecule has 0 aromatic heterocycles. The van der Waals surface area contributed by atoms with Crippen LogP contribution in [0, 0.1) is 11.8 Å². The number of benzene rings is 1. The molecule has 2 saturated heterocycles. The van der Waals surface area contributed by atoms with E-state index in [1.165, 1.54) is 0 Å². The Hall–Kier alpha value is -1.75. The lowest BCUT2D eigenvalue weighted by Crippen LogP contribution is -2.35. The Morgan fingerprint density at radius 1 is 1.05 bits per heavy atom. The molecular weight excluding hydrogens is 566 g/mol. The predicted molar refractivity (Wildman–Crippen MR) is 161 cm³/mol. The number of hydrogen-bond acceptors (Lipinski definition) is 7. The van der Waals surface area contributed by atoms with E-state index in [0.717, 1.165) is 70.0 Å². The number of rotatable bonds is 14. The number of hydrogen-bond donors (Lipinski definition) is 2. The van der Waals surface area contributed by atoms with E-state index in [9.17, 15) is 4.79 Å². The minimum absolute atomic E-state index is 0.0312. The minimum atomic E-state index is -0.766. The number of nitrogens with one attached hydrogen (secondary N) is 1. The second kappa shape index (κ2) is 17.4. The van der Waals surface area contributed by atoms with Crippen LogP contribution in [-0.2, 0) is 35.0 Å². The van der Waals surface area contributed by atoms with Gasteiger partial charge in [0.2, 0.25) is 0 Å². The third-order valence-electron chi connectivity index (χ3n) is 7.97. The van der Waals surface area contributed by atoms with Crippen LogP contribution < -0.4 is 5.32 Å². The summed E-state index contributed by atoms with van der Waals surface area (Å²) in [6, 6.07) is 7.64. The Bertz CT molecular complexity index is 983. The van der Waals surface area contributed by atoms with Crippen molar-refractivity contribution in [3.05, 3.63) is 47.0 Å². The molecule has 3 fully saturated rings. The van der Waals surface area contributed by atoms with Gasteiger partial charge in [0.05, 0.1) is 18.8 Å². The summed E-state index contributed by atoms with van der Waals surface area (Å²) in [6.07, 6.45) is 12.7. The van der Waals surface area contributed by atoms with E-state index < -0.39 is 5.97 Å². The third-order valence-corrected chi connectivity index (χ3v) is 8.46. The Labute approximate surface area is 254 Å². The van der Waals surface area contributed by atoms with E-state index in [1.54, 1.807) is 0 Å². The number of ether oxygens (including phenoxy) is 5. The maximum absolute atomic E-state index is 10.9. The summed E-state index contributed by atoms with van der Waals surface area (Å²) in [5.41, 5.74) is 1.02. The molecule has 228 valence electrons. The van der Waals surface area contributed by atoms with Gasteiger partial charge in [-0.2, -0.15) is 0 Å². The minimum Gasteiger partial charge on any atom is -0.481 e. The molecule has 2 aliphatic heterocycles. The fraction of sp³-hybridized carbons (Fsp3) is 0.677. The van der Waals surface area contributed by atoms with Crippen LogP contribution in [0.4, 0.5) is 0 Å². The van der Waals surface area contributed by atoms with E-state index >= 15 is 0 Å². The average Bonchev–Trinajstić information content (AvgIpc) is 3.28. The zero-order valence-corrected chi connectivity index (χ0v) is 25.3. The van der Waals surface area contributed by atoms with Crippen LogP contribution in [-0.4, -0.2) is 60.9 Å². The molecule has 0 spiro atoms. The van der Waals surface area contributed by atoms with Crippen molar-refractivity contribution in [3.8, 4) is 0 Å². The number of aliphatic carboxylic acids is 1. The smallest absolute Gasteiger partial charge is 0.303 e. The molecule has 2 N–H and O–H groups in total. The highest BCUT2D eigenvalue weighted by molar-refractivity contribution is 7.80. The summed E-state index contributed by atoms with van der Waals surface area (Å²) in [6.45, 7) is 2.35. The summed E-state index contributed by atoms with van der Waals surface area (Å²) >= 11 is 11.6. The van der Waals surface area contributed by atoms with E-state index in [4.69, 9.17) is 52.6 Å². The van der Waals surface area contributed by atoms with Gasteiger partial charge >= 0.3 is 5.97 Å². The number of thiocarbonyl (C=S) groups is 1. The molecule has 0 radical (unpaired) electrons. The van der Waals surface area contributed by atoms with Gasteiger partial charge in [-0.25, -0.2) is 0 Å². The Morgan fingerprint density at radius 2 is 1.76 bits per heavy atom. The number of unbranched alkanes of at least 4 members (excludes halogenated alkanes) is 1. The zero-order valence-electron chi connectivity index (χ0n) is 23.7. The van der Waals surface area contributed by atoms with Crippen LogP contribution in [0.15, 0.2) is 36.4 Å². The quantitative estimate of drug-likeness (QED) is 0.141. The number of carboxylic acid groups (broad SMARTS) is 1. The summed E-state index contributed by atoms with van der Waals surface area (Å²) in [5, 5.41) is 13.1. The van der Waals surface area contributed by atoms with Crippen molar-refractivity contribution >= 4 is 35.0 Å². The standard InChI is InChI=1S/C31H44ClNO7S/c32-23-11-9-10-22(18-23)20-33-31(41)38-21-25-24(12-3-1-2-4-13-28(34)35)26(39-29-14-5-7-16-36-29)19-27(25)40-30-15-6-8-17-37-30/h1,3,9-11,18,24-27,29-30H,2,4-8,12-17,19-21H2,(H,33,41)(H,34,35)/t24-,25-,26+,27-,29?,30?/m0/s1. The van der Waals surface area contributed by atoms with Gasteiger partial charge in [-0.3, -0.25) is 4.79 Å². The maximum Gasteiger partial charge on any atom is 0.303 e. The lowest BCUT2D eigenvalue weighted by Gasteiger charge is -2.31. The molecule has 1 aliphatic carbocycles. The summed E-state index contributed by atoms with van der Waals surface area (Å²) < 4.78 is 31.1. The number of halogens is 1. The van der Waals surface area contributed by atoms with Crippen LogP contribution in [0.2, 0.25) is 5.02 Å². The Morgan fingerprint density at radius 3 is 2.39 bits per heavy atom. The van der Waals surface area contributed by atoms with E-state index in [-0.39, 0.29) is 43.0 Å². The largest absolute Gasteiger partial charge is 0.481 e. The van der Waals surface area contributed by atoms with Crippen LogP contribution in [0.3, 0.4) is 0 Å². The summed E-state index contributed by atoms with van der Waals surface area (Å²) in [5.74, 6) is -0.610. The van der Waals surface area contributed by atoms with Crippen LogP contribution in [0.25, 0.3) is 0 Å². The van der Waals surface area contributed by atoms with Gasteiger partial charge in [0.15, 0.2) is 12.6 Å². The highest BCUT2D eigenvalue weighted by atomic mass is 35.5. The highest BCUT2D eigenvalue weighted by Gasteiger charge is 2.46. The van der Waals surface area contributed by atoms with Gasteiger partial charge in [0, 0.05) is 43.5 Å². The molecule has 1 aromatic carbocycles. The lowest BCUT2D eigenvalue weighted by molar-refractivity contribution is -0.204. The Kier molecular flexibility index (Phi) is 13.6. The molecular formula is C31H44ClNO7S. The molecule has 3 aliphatic rings. The van der Waals surface area contributed by atoms with Gasteiger partial charge in [-0.05, 0) is 93.6 Å². The molecule has 0 amide bonds. The number of carbonyl (C=O) groups is 1. The fourth-order valence-corrected chi connectivity index (χ4v) is 6.17. The van der Waals surface area contributed by atoms with Crippen molar-refractivity contribution in [1.82, 2.24) is 5.32 Å². The first kappa shape index (κ1) is 32.2. The molecule has 2 heterocycles. The van der Waals surface area contributed by atoms with E-state index in [1.807, 2.05) is 24.3 Å². The molecule has 0 bridgehead atoms. The SMILES string of the molecule is O=C(O)CCCC=CC[C@H]1[C@H](COC(=S)NCc2cccc(Cl)c2)[C@@H](OC2CCCCO2)C[C@H]1OC1CCCCO1. The third kappa shape index (κ3) is 11.1. The molecule has 1 saturated carbocycles. The van der Waals surface area contributed by atoms with Crippen molar-refractivity contribution in [2.45, 2.75) is 102 Å². The van der Waals surface area contributed by atoms with Crippen LogP contribution in [0.1, 0.15) is 76.2 Å². The number of carboxylic acids is 1. The van der Waals surface area contributed by atoms with Crippen molar-refractivity contribution in [2.75, 3.05) is 19.8 Å². The van der Waals surface area contributed by atoms with Crippen LogP contribution >= 0.6 is 23.8 Å². The first-order valence-electron chi connectivity index (χ1n) is 15.0.